The van der Waals surface area contributed by atoms with Gasteiger partial charge < -0.3 is 14.5 Å². The monoisotopic (exact) mass is 561 g/mol. The van der Waals surface area contributed by atoms with Gasteiger partial charge in [-0.1, -0.05) is 22.8 Å². The Morgan fingerprint density at radius 2 is 1.76 bits per heavy atom. The molecule has 4 aliphatic carbocycles. The topological polar surface area (TPSA) is 79.5 Å². The molecular weight excluding hydrogens is 533 g/mol. The van der Waals surface area contributed by atoms with Crippen LogP contribution in [0, 0.1) is 11.3 Å². The van der Waals surface area contributed by atoms with Gasteiger partial charge >= 0.3 is 12.1 Å². The molecule has 1 aromatic carbocycles. The maximum atomic E-state index is 13.7. The Bertz CT molecular complexity index is 1180. The summed E-state index contributed by atoms with van der Waals surface area (Å²) in [5, 5.41) is 14.1. The van der Waals surface area contributed by atoms with Crippen LogP contribution in [0.5, 0.6) is 0 Å². The summed E-state index contributed by atoms with van der Waals surface area (Å²) in [6.07, 6.45) is -1.74. The zero-order chi connectivity index (χ0) is 27.6. The van der Waals surface area contributed by atoms with Gasteiger partial charge in [-0.15, -0.1) is 0 Å². The third kappa shape index (κ3) is 4.92. The Balaban J connectivity index is 1.31. The van der Waals surface area contributed by atoms with Gasteiger partial charge in [0.25, 0.3) is 5.89 Å². The van der Waals surface area contributed by atoms with Gasteiger partial charge in [0.1, 0.15) is 0 Å². The minimum absolute atomic E-state index is 0.109. The van der Waals surface area contributed by atoms with Crippen LogP contribution in [-0.4, -0.2) is 39.5 Å². The van der Waals surface area contributed by atoms with Crippen LogP contribution in [-0.2, 0) is 16.1 Å². The van der Waals surface area contributed by atoms with E-state index in [2.05, 4.69) is 10.1 Å². The Kier molecular flexibility index (Phi) is 6.57. The lowest BCUT2D eigenvalue weighted by atomic mass is 9.53. The van der Waals surface area contributed by atoms with Crippen LogP contribution in [0.25, 0.3) is 0 Å². The first-order valence-corrected chi connectivity index (χ1v) is 13.1. The summed E-state index contributed by atoms with van der Waals surface area (Å²) in [6, 6.07) is 6.79. The predicted molar refractivity (Wildman–Crippen MR) is 128 cm³/mol. The smallest absolute Gasteiger partial charge is 0.380 e. The molecule has 6 nitrogen and oxygen atoms in total. The van der Waals surface area contributed by atoms with E-state index in [9.17, 15) is 31.9 Å². The van der Waals surface area contributed by atoms with Gasteiger partial charge in [-0.25, -0.2) is 0 Å². The third-order valence-corrected chi connectivity index (χ3v) is 9.07. The quantitative estimate of drug-likeness (QED) is 0.388. The number of alkyl halides is 5. The first kappa shape index (κ1) is 27.3. The van der Waals surface area contributed by atoms with E-state index in [1.54, 1.807) is 29.2 Å². The molecule has 208 valence electrons. The lowest BCUT2D eigenvalue weighted by Gasteiger charge is -2.53. The van der Waals surface area contributed by atoms with Crippen molar-refractivity contribution in [2.24, 2.45) is 11.3 Å². The molecule has 1 heterocycles. The molecule has 0 unspecified atom stereocenters. The fourth-order valence-electron chi connectivity index (χ4n) is 6.38. The average molecular weight is 562 g/mol. The summed E-state index contributed by atoms with van der Waals surface area (Å²) >= 11 is 6.19. The molecule has 1 amide bonds. The minimum Gasteiger partial charge on any atom is -0.380 e. The highest BCUT2D eigenvalue weighted by molar-refractivity contribution is 6.30. The highest BCUT2D eigenvalue weighted by atomic mass is 35.5. The van der Waals surface area contributed by atoms with Crippen LogP contribution in [0.2, 0.25) is 5.02 Å². The van der Waals surface area contributed by atoms with E-state index in [4.69, 9.17) is 16.1 Å². The second-order valence-electron chi connectivity index (χ2n) is 11.6. The number of aromatic nitrogens is 2. The van der Waals surface area contributed by atoms with Crippen molar-refractivity contribution in [1.82, 2.24) is 10.1 Å². The number of fused-ring (bicyclic) bond motifs is 3. The standard InChI is InChI=1S/C26H29ClF5N3O3/c1-22(28,29)21-33-20(34-38-21)24-8-5-23(6-9-24,7-10-24)15-35(18-4-2-3-17(27)12-18)19(36)11-16-13-25(37,14-16)26(30,31)32/h2-4,12,16,37H,5-11,13-15H2,1H3. The van der Waals surface area contributed by atoms with Crippen molar-refractivity contribution < 1.29 is 36.4 Å². The van der Waals surface area contributed by atoms with E-state index in [1.807, 2.05) is 0 Å². The number of hydrogen-bond acceptors (Lipinski definition) is 5. The lowest BCUT2D eigenvalue weighted by molar-refractivity contribution is -0.298. The number of nitrogens with zero attached hydrogens (tertiary/aromatic N) is 3. The highest BCUT2D eigenvalue weighted by Gasteiger charge is 2.61. The summed E-state index contributed by atoms with van der Waals surface area (Å²) in [6.45, 7) is 1.08. The minimum atomic E-state index is -4.72. The van der Waals surface area contributed by atoms with Crippen LogP contribution in [0.3, 0.4) is 0 Å². The number of hydrogen-bond donors (Lipinski definition) is 1. The van der Waals surface area contributed by atoms with Gasteiger partial charge in [-0.2, -0.15) is 26.9 Å². The van der Waals surface area contributed by atoms with Gasteiger partial charge in [0, 0.05) is 36.0 Å². The number of rotatable bonds is 7. The van der Waals surface area contributed by atoms with Gasteiger partial charge in [-0.05, 0) is 80.9 Å². The van der Waals surface area contributed by atoms with E-state index < -0.39 is 47.8 Å². The summed E-state index contributed by atoms with van der Waals surface area (Å²) in [4.78, 5) is 19.1. The van der Waals surface area contributed by atoms with E-state index in [0.29, 0.717) is 68.5 Å². The summed E-state index contributed by atoms with van der Waals surface area (Å²) in [7, 11) is 0. The van der Waals surface area contributed by atoms with Gasteiger partial charge in [0.05, 0.1) is 0 Å². The van der Waals surface area contributed by atoms with Gasteiger partial charge in [-0.3, -0.25) is 4.79 Å². The van der Waals surface area contributed by atoms with Gasteiger partial charge in [0.2, 0.25) is 5.91 Å². The summed E-state index contributed by atoms with van der Waals surface area (Å²) in [5.74, 6) is -4.50. The SMILES string of the molecule is CC(F)(F)c1nc(C23CCC(CN(C(=O)CC4CC(O)(C(F)(F)F)C4)c4cccc(Cl)c4)(CC2)CC3)no1. The third-order valence-electron chi connectivity index (χ3n) is 8.84. The number of aliphatic hydroxyl groups is 1. The number of carbonyl (C=O) groups excluding carboxylic acids is 1. The first-order chi connectivity index (χ1) is 17.6. The van der Waals surface area contributed by atoms with E-state index in [-0.39, 0.29) is 17.7 Å². The Hall–Kier alpha value is -2.27. The lowest BCUT2D eigenvalue weighted by Crippen LogP contribution is -2.56. The van der Waals surface area contributed by atoms with Crippen molar-refractivity contribution in [2.45, 2.75) is 87.8 Å². The Labute approximate surface area is 221 Å². The largest absolute Gasteiger partial charge is 0.417 e. The van der Waals surface area contributed by atoms with Crippen LogP contribution in [0.1, 0.15) is 76.4 Å². The molecule has 6 rings (SSSR count). The fourth-order valence-corrected chi connectivity index (χ4v) is 6.57. The molecule has 0 saturated heterocycles. The van der Waals surface area contributed by atoms with E-state index in [0.717, 1.165) is 0 Å². The van der Waals surface area contributed by atoms with Crippen molar-refractivity contribution in [3.8, 4) is 0 Å². The first-order valence-electron chi connectivity index (χ1n) is 12.7. The average Bonchev–Trinajstić information content (AvgIpc) is 3.34. The zero-order valence-electron chi connectivity index (χ0n) is 20.8. The molecule has 0 aliphatic heterocycles. The zero-order valence-corrected chi connectivity index (χ0v) is 21.6. The molecule has 1 aromatic heterocycles. The maximum absolute atomic E-state index is 13.7. The molecule has 4 saturated carbocycles. The van der Waals surface area contributed by atoms with Crippen molar-refractivity contribution in [3.63, 3.8) is 0 Å². The van der Waals surface area contributed by atoms with E-state index in [1.165, 1.54) is 0 Å². The number of anilines is 1. The van der Waals surface area contributed by atoms with Crippen molar-refractivity contribution in [3.05, 3.63) is 41.0 Å². The molecular formula is C26H29ClF5N3O3. The van der Waals surface area contributed by atoms with Crippen LogP contribution < -0.4 is 4.90 Å². The number of amides is 1. The molecule has 0 spiro atoms. The van der Waals surface area contributed by atoms with Crippen LogP contribution in [0.4, 0.5) is 27.6 Å². The van der Waals surface area contributed by atoms with Crippen LogP contribution >= 0.6 is 11.6 Å². The van der Waals surface area contributed by atoms with E-state index >= 15 is 0 Å². The molecule has 2 aromatic rings. The van der Waals surface area contributed by atoms with Crippen molar-refractivity contribution >= 4 is 23.2 Å². The Morgan fingerprint density at radius 3 is 2.29 bits per heavy atom. The molecule has 1 N–H and O–H groups in total. The molecule has 12 heteroatoms. The number of carbonyl (C=O) groups is 1. The fraction of sp³-hybridized carbons (Fsp3) is 0.654. The number of benzene rings is 1. The second kappa shape index (κ2) is 9.15. The Morgan fingerprint density at radius 1 is 1.13 bits per heavy atom. The van der Waals surface area contributed by atoms with Crippen molar-refractivity contribution in [1.29, 1.82) is 0 Å². The maximum Gasteiger partial charge on any atom is 0.417 e. The predicted octanol–water partition coefficient (Wildman–Crippen LogP) is 6.55. The molecule has 4 aliphatic rings. The molecule has 4 fully saturated rings. The van der Waals surface area contributed by atoms with Crippen molar-refractivity contribution in [2.75, 3.05) is 11.4 Å². The molecule has 0 atom stereocenters. The summed E-state index contributed by atoms with van der Waals surface area (Å²) < 4.78 is 71.4. The van der Waals surface area contributed by atoms with Crippen LogP contribution in [0.15, 0.2) is 28.8 Å². The highest BCUT2D eigenvalue weighted by Crippen LogP contribution is 2.58. The van der Waals surface area contributed by atoms with Gasteiger partial charge in [0.15, 0.2) is 11.4 Å². The molecule has 2 bridgehead atoms. The second-order valence-corrected chi connectivity index (χ2v) is 12.0. The number of halogens is 6. The molecule has 0 radical (unpaired) electrons. The normalized spacial score (nSPS) is 31.2. The summed E-state index contributed by atoms with van der Waals surface area (Å²) in [5.41, 5.74) is -2.86. The molecule has 38 heavy (non-hydrogen) atoms.